The van der Waals surface area contributed by atoms with E-state index in [2.05, 4.69) is 82.1 Å². The molecule has 7 nitrogen and oxygen atoms in total. The minimum Gasteiger partial charge on any atom is -0.427 e. The molecule has 2 heterocycles. The van der Waals surface area contributed by atoms with E-state index in [-0.39, 0.29) is 0 Å². The number of nitrogens with zero attached hydrogens (tertiary/aromatic N) is 3. The van der Waals surface area contributed by atoms with Gasteiger partial charge < -0.3 is 24.6 Å². The Hall–Kier alpha value is -3.17. The Morgan fingerprint density at radius 3 is 2.20 bits per heavy atom. The van der Waals surface area contributed by atoms with Gasteiger partial charge in [0.2, 0.25) is 0 Å². The molecule has 0 saturated heterocycles. The lowest BCUT2D eigenvalue weighted by Crippen LogP contribution is -2.06. The van der Waals surface area contributed by atoms with Gasteiger partial charge >= 0.3 is 8.60 Å². The summed E-state index contributed by atoms with van der Waals surface area (Å²) in [6, 6.07) is 12.1. The van der Waals surface area contributed by atoms with Gasteiger partial charge in [-0.1, -0.05) is 78.6 Å². The number of aryl methyl sites for hydroxylation is 3. The second kappa shape index (κ2) is 15.7. The summed E-state index contributed by atoms with van der Waals surface area (Å²) in [4.78, 5) is 27.9. The molecule has 2 aromatic carbocycles. The zero-order valence-electron chi connectivity index (χ0n) is 25.7. The minimum atomic E-state index is -2.44. The highest BCUT2D eigenvalue weighted by Crippen LogP contribution is 2.33. The van der Waals surface area contributed by atoms with Crippen LogP contribution in [0, 0.1) is 25.2 Å². The summed E-state index contributed by atoms with van der Waals surface area (Å²) >= 11 is 0. The molecule has 4 rings (SSSR count). The van der Waals surface area contributed by atoms with Gasteiger partial charge in [0.05, 0.1) is 11.0 Å². The first kappa shape index (κ1) is 34.0. The van der Waals surface area contributed by atoms with Crippen LogP contribution >= 0.6 is 8.60 Å². The molecule has 0 spiro atoms. The fourth-order valence-electron chi connectivity index (χ4n) is 4.85. The first-order chi connectivity index (χ1) is 19.5. The molecule has 0 aliphatic heterocycles. The van der Waals surface area contributed by atoms with Crippen LogP contribution in [-0.2, 0) is 19.4 Å². The van der Waals surface area contributed by atoms with Crippen LogP contribution in [0.15, 0.2) is 36.4 Å². The zero-order chi connectivity index (χ0) is 30.7. The lowest BCUT2D eigenvalue weighted by molar-refractivity contribution is 0.373. The maximum atomic E-state index is 9.18. The number of nitrogens with two attached hydrogens (primary N) is 1. The molecular formula is C33H47N4O3P. The van der Waals surface area contributed by atoms with E-state index >= 15 is 0 Å². The van der Waals surface area contributed by atoms with E-state index in [0.717, 1.165) is 64.6 Å². The molecule has 4 N–H and O–H groups in total. The van der Waals surface area contributed by atoms with Crippen LogP contribution in [0.1, 0.15) is 89.7 Å². The predicted octanol–water partition coefficient (Wildman–Crippen LogP) is 8.10. The second-order valence-corrected chi connectivity index (χ2v) is 12.1. The van der Waals surface area contributed by atoms with Gasteiger partial charge in [-0.2, -0.15) is 0 Å². The van der Waals surface area contributed by atoms with Crippen LogP contribution in [0.3, 0.4) is 0 Å². The fraction of sp³-hybridized carbons (Fsp3) is 0.455. The van der Waals surface area contributed by atoms with E-state index in [9.17, 15) is 9.79 Å². The number of fused-ring (bicyclic) bond motifs is 3. The molecule has 8 heteroatoms. The van der Waals surface area contributed by atoms with Crippen LogP contribution in [0.25, 0.3) is 21.9 Å². The molecule has 4 aromatic rings. The number of unbranched alkanes of at least 4 members (excludes halogenated alkanes) is 1. The van der Waals surface area contributed by atoms with Crippen molar-refractivity contribution in [2.75, 3.05) is 5.73 Å². The monoisotopic (exact) mass is 578 g/mol. The van der Waals surface area contributed by atoms with Crippen LogP contribution in [0.2, 0.25) is 0 Å². The minimum absolute atomic E-state index is 0.455. The highest BCUT2D eigenvalue weighted by Gasteiger charge is 2.18. The molecule has 0 aliphatic carbocycles. The largest absolute Gasteiger partial charge is 0.427 e. The van der Waals surface area contributed by atoms with Crippen LogP contribution < -0.4 is 10.3 Å². The Balaban J connectivity index is 0.000000573. The summed E-state index contributed by atoms with van der Waals surface area (Å²) in [5.74, 6) is 1.92. The maximum absolute atomic E-state index is 9.18. The number of rotatable bonds is 9. The van der Waals surface area contributed by atoms with Crippen molar-refractivity contribution in [2.45, 2.75) is 93.5 Å². The van der Waals surface area contributed by atoms with E-state index in [0.29, 0.717) is 23.5 Å². The summed E-state index contributed by atoms with van der Waals surface area (Å²) in [7, 11) is -2.44. The Labute approximate surface area is 247 Å². The summed E-state index contributed by atoms with van der Waals surface area (Å²) in [6.45, 7) is 15.9. The normalized spacial score (nSPS) is 11.2. The van der Waals surface area contributed by atoms with Gasteiger partial charge in [-0.25, -0.2) is 9.97 Å². The van der Waals surface area contributed by atoms with Gasteiger partial charge in [0.1, 0.15) is 17.1 Å². The van der Waals surface area contributed by atoms with Crippen molar-refractivity contribution >= 4 is 36.4 Å². The Morgan fingerprint density at radius 1 is 0.976 bits per heavy atom. The molecule has 0 bridgehead atoms. The topological polar surface area (TPSA) is 106 Å². The zero-order valence-corrected chi connectivity index (χ0v) is 26.6. The molecule has 0 amide bonds. The number of aromatic nitrogens is 3. The SMILES string of the molecule is C#C.CCCC(C)(C)C.CCCCc1nc2c(N)nc3cc(CC)ccc3c2n1Cc1ccc(OP(O)O)c(C)c1. The smallest absolute Gasteiger partial charge is 0.391 e. The van der Waals surface area contributed by atoms with Crippen molar-refractivity contribution < 1.29 is 14.3 Å². The second-order valence-electron chi connectivity index (χ2n) is 11.4. The van der Waals surface area contributed by atoms with Gasteiger partial charge in [0, 0.05) is 18.4 Å². The molecule has 222 valence electrons. The number of imidazole rings is 1. The summed E-state index contributed by atoms with van der Waals surface area (Å²) in [6.07, 6.45) is 14.6. The van der Waals surface area contributed by atoms with E-state index in [1.807, 2.05) is 19.1 Å². The molecule has 41 heavy (non-hydrogen) atoms. The molecule has 0 unspecified atom stereocenters. The van der Waals surface area contributed by atoms with E-state index in [1.54, 1.807) is 6.07 Å². The average molecular weight is 579 g/mol. The van der Waals surface area contributed by atoms with E-state index < -0.39 is 8.60 Å². The van der Waals surface area contributed by atoms with Crippen molar-refractivity contribution in [3.05, 3.63) is 58.9 Å². The van der Waals surface area contributed by atoms with E-state index in [1.165, 1.54) is 18.4 Å². The number of pyridine rings is 1. The Kier molecular flexibility index (Phi) is 13.1. The number of hydrogen-bond donors (Lipinski definition) is 3. The molecular weight excluding hydrogens is 531 g/mol. The van der Waals surface area contributed by atoms with Gasteiger partial charge in [-0.15, -0.1) is 12.8 Å². The third-order valence-corrected chi connectivity index (χ3v) is 7.13. The van der Waals surface area contributed by atoms with Crippen molar-refractivity contribution in [2.24, 2.45) is 5.41 Å². The number of benzene rings is 2. The first-order valence-electron chi connectivity index (χ1n) is 14.3. The van der Waals surface area contributed by atoms with E-state index in [4.69, 9.17) is 15.2 Å². The average Bonchev–Trinajstić information content (AvgIpc) is 3.28. The third-order valence-electron chi connectivity index (χ3n) is 6.77. The van der Waals surface area contributed by atoms with Gasteiger partial charge in [-0.3, -0.25) is 0 Å². The lowest BCUT2D eigenvalue weighted by atomic mass is 9.91. The molecule has 0 radical (unpaired) electrons. The number of nitrogen functional groups attached to an aromatic ring is 1. The number of terminal acetylenes is 1. The quantitative estimate of drug-likeness (QED) is 0.137. The molecule has 0 atom stereocenters. The van der Waals surface area contributed by atoms with Crippen molar-refractivity contribution in [1.29, 1.82) is 0 Å². The van der Waals surface area contributed by atoms with Crippen molar-refractivity contribution in [3.8, 4) is 18.6 Å². The highest BCUT2D eigenvalue weighted by molar-refractivity contribution is 7.39. The van der Waals surface area contributed by atoms with Crippen molar-refractivity contribution in [1.82, 2.24) is 14.5 Å². The number of anilines is 1. The Morgan fingerprint density at radius 2 is 1.66 bits per heavy atom. The van der Waals surface area contributed by atoms with Crippen LogP contribution in [0.4, 0.5) is 5.82 Å². The highest BCUT2D eigenvalue weighted by atomic mass is 31.2. The standard InChI is InChI=1S/C24H29N4O3P.C7H16.C2H2/c1-4-6-7-21-27-22-23(18-10-8-16(5-2)13-19(18)26-24(22)25)28(21)14-17-9-11-20(15(3)12-17)31-32(29)30;1-5-6-7(2,3)4;1-2/h8-13,29-30H,4-7,14H2,1-3H3,(H2,25,26);5-6H2,1-4H3;1-2H. The van der Waals surface area contributed by atoms with Gasteiger partial charge in [-0.05, 0) is 60.4 Å². The predicted molar refractivity (Wildman–Crippen MR) is 174 cm³/mol. The van der Waals surface area contributed by atoms with Crippen LogP contribution in [-0.4, -0.2) is 24.3 Å². The van der Waals surface area contributed by atoms with Gasteiger partial charge in [0.15, 0.2) is 5.82 Å². The summed E-state index contributed by atoms with van der Waals surface area (Å²) < 4.78 is 7.36. The number of hydrogen-bond acceptors (Lipinski definition) is 6. The molecule has 0 aliphatic rings. The summed E-state index contributed by atoms with van der Waals surface area (Å²) in [5.41, 5.74) is 12.7. The molecule has 2 aromatic heterocycles. The van der Waals surface area contributed by atoms with Gasteiger partial charge in [0.25, 0.3) is 0 Å². The lowest BCUT2D eigenvalue weighted by Gasteiger charge is -2.15. The van der Waals surface area contributed by atoms with Crippen molar-refractivity contribution in [3.63, 3.8) is 0 Å². The third kappa shape index (κ3) is 9.43. The maximum Gasteiger partial charge on any atom is 0.391 e. The summed E-state index contributed by atoms with van der Waals surface area (Å²) in [5, 5.41) is 1.05. The molecule has 0 saturated carbocycles. The Bertz CT molecular complexity index is 1440. The first-order valence-corrected chi connectivity index (χ1v) is 15.5. The fourth-order valence-corrected chi connectivity index (χ4v) is 5.23. The van der Waals surface area contributed by atoms with Crippen LogP contribution in [0.5, 0.6) is 5.75 Å². The molecule has 0 fully saturated rings.